The topological polar surface area (TPSA) is 61.8 Å². The normalized spacial score (nSPS) is 11.0. The van der Waals surface area contributed by atoms with Crippen LogP contribution in [0.15, 0.2) is 48.5 Å². The Morgan fingerprint density at radius 3 is 1.83 bits per heavy atom. The SMILES string of the molecule is CCOC(=O)CP(=O)(Oc1ccccc1Cl)Oc1ccccc1Cl. The van der Waals surface area contributed by atoms with Crippen molar-refractivity contribution in [3.05, 3.63) is 58.6 Å². The van der Waals surface area contributed by atoms with Gasteiger partial charge in [-0.05, 0) is 31.2 Å². The molecule has 0 bridgehead atoms. The minimum Gasteiger partial charge on any atom is -0.465 e. The summed E-state index contributed by atoms with van der Waals surface area (Å²) in [7, 11) is -3.95. The molecule has 2 rings (SSSR count). The molecule has 24 heavy (non-hydrogen) atoms. The summed E-state index contributed by atoms with van der Waals surface area (Å²) in [6.07, 6.45) is -0.572. The molecule has 0 spiro atoms. The number of esters is 1. The summed E-state index contributed by atoms with van der Waals surface area (Å²) in [5, 5.41) is 0.480. The fourth-order valence-electron chi connectivity index (χ4n) is 1.79. The Labute approximate surface area is 150 Å². The van der Waals surface area contributed by atoms with Gasteiger partial charge in [0.15, 0.2) is 6.16 Å². The molecule has 0 saturated carbocycles. The highest BCUT2D eigenvalue weighted by molar-refractivity contribution is 7.55. The zero-order valence-corrected chi connectivity index (χ0v) is 15.2. The molecular formula is C16H15Cl2O5P. The number of rotatable bonds is 7. The van der Waals surface area contributed by atoms with Crippen LogP contribution in [0.5, 0.6) is 11.5 Å². The van der Waals surface area contributed by atoms with Gasteiger partial charge in [0.2, 0.25) is 0 Å². The van der Waals surface area contributed by atoms with Crippen LogP contribution >= 0.6 is 30.8 Å². The summed E-state index contributed by atoms with van der Waals surface area (Å²) in [5.41, 5.74) is 0. The highest BCUT2D eigenvalue weighted by atomic mass is 35.5. The molecule has 128 valence electrons. The lowest BCUT2D eigenvalue weighted by molar-refractivity contribution is -0.140. The molecule has 0 radical (unpaired) electrons. The molecule has 0 saturated heterocycles. The van der Waals surface area contributed by atoms with Gasteiger partial charge < -0.3 is 13.8 Å². The van der Waals surface area contributed by atoms with Gasteiger partial charge in [0.05, 0.1) is 16.7 Å². The van der Waals surface area contributed by atoms with Crippen molar-refractivity contribution in [3.8, 4) is 11.5 Å². The van der Waals surface area contributed by atoms with E-state index in [4.69, 9.17) is 37.0 Å². The molecular weight excluding hydrogens is 374 g/mol. The Kier molecular flexibility index (Phi) is 6.55. The Bertz CT molecular complexity index is 714. The summed E-state index contributed by atoms with van der Waals surface area (Å²) in [4.78, 5) is 11.8. The summed E-state index contributed by atoms with van der Waals surface area (Å²) < 4.78 is 28.8. The van der Waals surface area contributed by atoms with Crippen LogP contribution in [0.2, 0.25) is 10.0 Å². The molecule has 8 heteroatoms. The predicted octanol–water partition coefficient (Wildman–Crippen LogP) is 5.21. The van der Waals surface area contributed by atoms with E-state index in [1.807, 2.05) is 0 Å². The zero-order valence-electron chi connectivity index (χ0n) is 12.8. The van der Waals surface area contributed by atoms with E-state index < -0.39 is 19.7 Å². The van der Waals surface area contributed by atoms with Gasteiger partial charge in [0, 0.05) is 0 Å². The number of hydrogen-bond donors (Lipinski definition) is 0. The molecule has 0 amide bonds. The second-order valence-electron chi connectivity index (χ2n) is 4.62. The van der Waals surface area contributed by atoms with Gasteiger partial charge in [-0.1, -0.05) is 47.5 Å². The molecule has 0 aliphatic rings. The van der Waals surface area contributed by atoms with Crippen molar-refractivity contribution in [2.24, 2.45) is 0 Å². The van der Waals surface area contributed by atoms with Crippen molar-refractivity contribution in [1.29, 1.82) is 0 Å². The lowest BCUT2D eigenvalue weighted by Gasteiger charge is -2.20. The molecule has 0 atom stereocenters. The maximum Gasteiger partial charge on any atom is 0.442 e. The Morgan fingerprint density at radius 1 is 0.958 bits per heavy atom. The van der Waals surface area contributed by atoms with E-state index in [1.54, 1.807) is 43.3 Å². The van der Waals surface area contributed by atoms with Gasteiger partial charge in [0.25, 0.3) is 0 Å². The molecule has 0 unspecified atom stereocenters. The minimum absolute atomic E-state index is 0.138. The number of halogens is 2. The molecule has 2 aromatic rings. The fraction of sp³-hybridized carbons (Fsp3) is 0.188. The van der Waals surface area contributed by atoms with E-state index in [9.17, 15) is 9.36 Å². The molecule has 0 N–H and O–H groups in total. The standard InChI is InChI=1S/C16H15Cl2O5P/c1-2-21-16(19)11-24(20,22-14-9-5-3-7-12(14)17)23-15-10-6-4-8-13(15)18/h3-10H,2,11H2,1H3. The molecule has 2 aromatic carbocycles. The first-order valence-electron chi connectivity index (χ1n) is 7.06. The van der Waals surface area contributed by atoms with Crippen molar-refractivity contribution in [2.45, 2.75) is 6.92 Å². The Balaban J connectivity index is 2.30. The zero-order chi connectivity index (χ0) is 17.6. The Hall–Kier alpha value is -1.68. The number of hydrogen-bond acceptors (Lipinski definition) is 5. The second-order valence-corrected chi connectivity index (χ2v) is 7.34. The van der Waals surface area contributed by atoms with Crippen molar-refractivity contribution >= 4 is 36.8 Å². The van der Waals surface area contributed by atoms with Crippen LogP contribution in [0.25, 0.3) is 0 Å². The monoisotopic (exact) mass is 388 g/mol. The van der Waals surface area contributed by atoms with Crippen LogP contribution in [0, 0.1) is 0 Å². The van der Waals surface area contributed by atoms with Gasteiger partial charge in [-0.25, -0.2) is 4.57 Å². The van der Waals surface area contributed by atoms with Crippen LogP contribution < -0.4 is 9.05 Å². The average molecular weight is 389 g/mol. The van der Waals surface area contributed by atoms with Crippen LogP contribution in [-0.4, -0.2) is 18.7 Å². The largest absolute Gasteiger partial charge is 0.465 e. The number of benzene rings is 2. The molecule has 0 heterocycles. The summed E-state index contributed by atoms with van der Waals surface area (Å²) in [6, 6.07) is 12.9. The van der Waals surface area contributed by atoms with Gasteiger partial charge >= 0.3 is 13.6 Å². The minimum atomic E-state index is -3.95. The molecule has 0 aromatic heterocycles. The van der Waals surface area contributed by atoms with Gasteiger partial charge in [-0.3, -0.25) is 4.79 Å². The summed E-state index contributed by atoms with van der Waals surface area (Å²) in [6.45, 7) is 1.80. The number of carbonyl (C=O) groups is 1. The van der Waals surface area contributed by atoms with Gasteiger partial charge in [-0.2, -0.15) is 0 Å². The maximum atomic E-state index is 13.1. The third kappa shape index (κ3) is 5.17. The van der Waals surface area contributed by atoms with E-state index in [0.717, 1.165) is 0 Å². The molecule has 0 aliphatic heterocycles. The quantitative estimate of drug-likeness (QED) is 0.481. The molecule has 0 fully saturated rings. The smallest absolute Gasteiger partial charge is 0.442 e. The summed E-state index contributed by atoms with van der Waals surface area (Å²) >= 11 is 12.0. The van der Waals surface area contributed by atoms with Gasteiger partial charge in [0.1, 0.15) is 11.5 Å². The average Bonchev–Trinajstić information content (AvgIpc) is 2.52. The van der Waals surface area contributed by atoms with Crippen LogP contribution in [-0.2, 0) is 14.1 Å². The first kappa shape index (κ1) is 18.7. The molecule has 0 aliphatic carbocycles. The van der Waals surface area contributed by atoms with Crippen molar-refractivity contribution < 1.29 is 23.1 Å². The first-order valence-corrected chi connectivity index (χ1v) is 9.55. The fourth-order valence-corrected chi connectivity index (χ4v) is 3.73. The van der Waals surface area contributed by atoms with Crippen molar-refractivity contribution in [2.75, 3.05) is 12.8 Å². The lowest BCUT2D eigenvalue weighted by atomic mass is 10.3. The lowest BCUT2D eigenvalue weighted by Crippen LogP contribution is -2.16. The third-order valence-corrected chi connectivity index (χ3v) is 5.00. The number of para-hydroxylation sites is 2. The van der Waals surface area contributed by atoms with E-state index >= 15 is 0 Å². The van der Waals surface area contributed by atoms with Crippen LogP contribution in [0.1, 0.15) is 6.92 Å². The van der Waals surface area contributed by atoms with E-state index in [2.05, 4.69) is 0 Å². The summed E-state index contributed by atoms with van der Waals surface area (Å²) in [5.74, 6) is -0.433. The maximum absolute atomic E-state index is 13.1. The van der Waals surface area contributed by atoms with E-state index in [-0.39, 0.29) is 28.2 Å². The van der Waals surface area contributed by atoms with Crippen molar-refractivity contribution in [3.63, 3.8) is 0 Å². The highest BCUT2D eigenvalue weighted by Crippen LogP contribution is 2.51. The Morgan fingerprint density at radius 2 is 1.42 bits per heavy atom. The van der Waals surface area contributed by atoms with Crippen LogP contribution in [0.3, 0.4) is 0 Å². The van der Waals surface area contributed by atoms with E-state index in [1.165, 1.54) is 12.1 Å². The number of ether oxygens (including phenoxy) is 1. The predicted molar refractivity (Wildman–Crippen MR) is 93.3 cm³/mol. The number of carbonyl (C=O) groups excluding carboxylic acids is 1. The highest BCUT2D eigenvalue weighted by Gasteiger charge is 2.34. The van der Waals surface area contributed by atoms with Crippen LogP contribution in [0.4, 0.5) is 0 Å². The first-order chi connectivity index (χ1) is 11.4. The van der Waals surface area contributed by atoms with Gasteiger partial charge in [-0.15, -0.1) is 0 Å². The third-order valence-electron chi connectivity index (χ3n) is 2.78. The van der Waals surface area contributed by atoms with E-state index in [0.29, 0.717) is 0 Å². The van der Waals surface area contributed by atoms with Crippen molar-refractivity contribution in [1.82, 2.24) is 0 Å². The second kappa shape index (κ2) is 8.43. The molecule has 5 nitrogen and oxygen atoms in total.